The normalized spacial score (nSPS) is 16.5. The van der Waals surface area contributed by atoms with Crippen molar-refractivity contribution in [1.29, 1.82) is 0 Å². The number of nitrogens with zero attached hydrogens (tertiary/aromatic N) is 2. The van der Waals surface area contributed by atoms with Gasteiger partial charge in [-0.2, -0.15) is 0 Å². The minimum Gasteiger partial charge on any atom is -0.441 e. The number of anilines is 1. The summed E-state index contributed by atoms with van der Waals surface area (Å²) in [7, 11) is 0. The van der Waals surface area contributed by atoms with Crippen molar-refractivity contribution in [3.63, 3.8) is 0 Å². The molecule has 1 saturated heterocycles. The summed E-state index contributed by atoms with van der Waals surface area (Å²) in [6.07, 6.45) is 2.64. The molecule has 1 N–H and O–H groups in total. The second-order valence-corrected chi connectivity index (χ2v) is 5.65. The van der Waals surface area contributed by atoms with Gasteiger partial charge < -0.3 is 14.6 Å². The Morgan fingerprint density at radius 2 is 2.11 bits per heavy atom. The summed E-state index contributed by atoms with van der Waals surface area (Å²) in [6, 6.07) is 4.43. The topological polar surface area (TPSA) is 41.3 Å². The quantitative estimate of drug-likeness (QED) is 0.919. The van der Waals surface area contributed by atoms with Gasteiger partial charge in [0.25, 0.3) is 0 Å². The highest BCUT2D eigenvalue weighted by Gasteiger charge is 2.17. The van der Waals surface area contributed by atoms with Gasteiger partial charge in [-0.3, -0.25) is 0 Å². The zero-order chi connectivity index (χ0) is 13.2. The van der Waals surface area contributed by atoms with E-state index in [1.54, 1.807) is 6.39 Å². The van der Waals surface area contributed by atoms with Crippen molar-refractivity contribution in [1.82, 2.24) is 10.3 Å². The van der Waals surface area contributed by atoms with Gasteiger partial charge in [-0.05, 0) is 30.0 Å². The van der Waals surface area contributed by atoms with Gasteiger partial charge >= 0.3 is 0 Å². The maximum atomic E-state index is 5.59. The maximum absolute atomic E-state index is 5.59. The van der Waals surface area contributed by atoms with E-state index in [2.05, 4.69) is 41.2 Å². The van der Waals surface area contributed by atoms with Gasteiger partial charge in [0.2, 0.25) is 0 Å². The van der Waals surface area contributed by atoms with E-state index in [-0.39, 0.29) is 0 Å². The number of hydrogen-bond acceptors (Lipinski definition) is 4. The Kier molecular flexibility index (Phi) is 3.42. The molecule has 4 heteroatoms. The lowest BCUT2D eigenvalue weighted by molar-refractivity contribution is 0.575. The molecule has 0 unspecified atom stereocenters. The van der Waals surface area contributed by atoms with Gasteiger partial charge in [-0.15, -0.1) is 0 Å². The van der Waals surface area contributed by atoms with Gasteiger partial charge in [0.05, 0.1) is 5.69 Å². The summed E-state index contributed by atoms with van der Waals surface area (Å²) in [5.41, 5.74) is 4.46. The maximum Gasteiger partial charge on any atom is 0.182 e. The molecule has 0 spiro atoms. The number of hydrogen-bond donors (Lipinski definition) is 1. The largest absolute Gasteiger partial charge is 0.441 e. The Morgan fingerprint density at radius 3 is 2.84 bits per heavy atom. The van der Waals surface area contributed by atoms with Crippen molar-refractivity contribution in [3.8, 4) is 0 Å². The van der Waals surface area contributed by atoms with E-state index in [4.69, 9.17) is 4.42 Å². The van der Waals surface area contributed by atoms with Crippen LogP contribution in [0.2, 0.25) is 0 Å². The van der Waals surface area contributed by atoms with Crippen LogP contribution in [0.5, 0.6) is 0 Å². The van der Waals surface area contributed by atoms with Crippen molar-refractivity contribution >= 4 is 16.8 Å². The van der Waals surface area contributed by atoms with Crippen LogP contribution >= 0.6 is 0 Å². The Balaban J connectivity index is 2.01. The number of aromatic nitrogens is 1. The van der Waals surface area contributed by atoms with Crippen molar-refractivity contribution in [2.24, 2.45) is 5.92 Å². The second-order valence-electron chi connectivity index (χ2n) is 5.65. The summed E-state index contributed by atoms with van der Waals surface area (Å²) < 4.78 is 5.59. The summed E-state index contributed by atoms with van der Waals surface area (Å²) in [5.74, 6) is 0.653. The summed E-state index contributed by atoms with van der Waals surface area (Å²) in [6.45, 7) is 8.62. The molecule has 4 nitrogen and oxygen atoms in total. The smallest absolute Gasteiger partial charge is 0.182 e. The lowest BCUT2D eigenvalue weighted by atomic mass is 10.0. The molecular formula is C15H21N3O. The first-order chi connectivity index (χ1) is 9.24. The van der Waals surface area contributed by atoms with Crippen LogP contribution in [0.4, 0.5) is 5.69 Å². The van der Waals surface area contributed by atoms with Crippen LogP contribution < -0.4 is 10.2 Å². The zero-order valence-electron chi connectivity index (χ0n) is 11.6. The fourth-order valence-corrected chi connectivity index (χ4v) is 2.74. The Hall–Kier alpha value is -1.55. The Bertz CT molecular complexity index is 556. The van der Waals surface area contributed by atoms with Crippen molar-refractivity contribution < 1.29 is 4.42 Å². The first-order valence-electron chi connectivity index (χ1n) is 7.06. The number of nitrogens with one attached hydrogen (secondary N) is 1. The number of oxazole rings is 1. The van der Waals surface area contributed by atoms with Gasteiger partial charge in [0, 0.05) is 26.2 Å². The average Bonchev–Trinajstić information content (AvgIpc) is 2.86. The standard InChI is InChI=1S/C15H21N3O/c1-11(2)7-12-8-13-15(19-10-17-13)14(9-12)18-5-3-16-4-6-18/h8-11,16H,3-7H2,1-2H3. The molecule has 19 heavy (non-hydrogen) atoms. The molecule has 1 aromatic carbocycles. The van der Waals surface area contributed by atoms with Crippen LogP contribution in [-0.4, -0.2) is 31.2 Å². The van der Waals surface area contributed by atoms with Crippen molar-refractivity contribution in [2.75, 3.05) is 31.1 Å². The SMILES string of the molecule is CC(C)Cc1cc(N2CCNCC2)c2ocnc2c1. The summed E-state index contributed by atoms with van der Waals surface area (Å²) in [4.78, 5) is 6.73. The summed E-state index contributed by atoms with van der Waals surface area (Å²) in [5, 5.41) is 3.39. The molecule has 3 rings (SSSR count). The van der Waals surface area contributed by atoms with E-state index in [0.29, 0.717) is 5.92 Å². The highest BCUT2D eigenvalue weighted by atomic mass is 16.3. The van der Waals surface area contributed by atoms with Gasteiger partial charge in [0.15, 0.2) is 12.0 Å². The fourth-order valence-electron chi connectivity index (χ4n) is 2.74. The molecule has 0 bridgehead atoms. The van der Waals surface area contributed by atoms with Gasteiger partial charge in [-0.1, -0.05) is 13.8 Å². The van der Waals surface area contributed by atoms with E-state index >= 15 is 0 Å². The molecule has 1 aliphatic rings. The third-order valence-corrected chi connectivity index (χ3v) is 3.57. The Morgan fingerprint density at radius 1 is 1.32 bits per heavy atom. The second kappa shape index (κ2) is 5.21. The molecule has 1 aliphatic heterocycles. The third kappa shape index (κ3) is 2.59. The van der Waals surface area contributed by atoms with E-state index in [1.165, 1.54) is 11.3 Å². The first-order valence-corrected chi connectivity index (χ1v) is 7.06. The number of rotatable bonds is 3. The molecule has 1 aromatic heterocycles. The lowest BCUT2D eigenvalue weighted by Gasteiger charge is -2.29. The van der Waals surface area contributed by atoms with Gasteiger partial charge in [-0.25, -0.2) is 4.98 Å². The molecule has 0 amide bonds. The predicted molar refractivity (Wildman–Crippen MR) is 77.6 cm³/mol. The highest BCUT2D eigenvalue weighted by molar-refractivity contribution is 5.87. The number of fused-ring (bicyclic) bond motifs is 1. The molecular weight excluding hydrogens is 238 g/mol. The fraction of sp³-hybridized carbons (Fsp3) is 0.533. The van der Waals surface area contributed by atoms with Gasteiger partial charge in [0.1, 0.15) is 5.52 Å². The van der Waals surface area contributed by atoms with Crippen LogP contribution in [0, 0.1) is 5.92 Å². The molecule has 2 aromatic rings. The van der Waals surface area contributed by atoms with Crippen LogP contribution in [0.25, 0.3) is 11.1 Å². The molecule has 2 heterocycles. The highest BCUT2D eigenvalue weighted by Crippen LogP contribution is 2.29. The number of benzene rings is 1. The van der Waals surface area contributed by atoms with Crippen molar-refractivity contribution in [2.45, 2.75) is 20.3 Å². The van der Waals surface area contributed by atoms with E-state index in [9.17, 15) is 0 Å². The molecule has 0 atom stereocenters. The minimum absolute atomic E-state index is 0.653. The lowest BCUT2D eigenvalue weighted by Crippen LogP contribution is -2.43. The summed E-state index contributed by atoms with van der Waals surface area (Å²) >= 11 is 0. The van der Waals surface area contributed by atoms with Crippen molar-refractivity contribution in [3.05, 3.63) is 24.1 Å². The minimum atomic E-state index is 0.653. The van der Waals surface area contributed by atoms with Crippen LogP contribution in [0.3, 0.4) is 0 Å². The molecule has 0 radical (unpaired) electrons. The van der Waals surface area contributed by atoms with Crippen LogP contribution in [0.1, 0.15) is 19.4 Å². The van der Waals surface area contributed by atoms with Crippen LogP contribution in [-0.2, 0) is 6.42 Å². The first kappa shape index (κ1) is 12.5. The van der Waals surface area contributed by atoms with E-state index in [0.717, 1.165) is 43.7 Å². The monoisotopic (exact) mass is 259 g/mol. The Labute approximate surface area is 113 Å². The predicted octanol–water partition coefficient (Wildman–Crippen LogP) is 2.44. The molecule has 102 valence electrons. The number of piperazine rings is 1. The van der Waals surface area contributed by atoms with E-state index in [1.807, 2.05) is 0 Å². The molecule has 0 saturated carbocycles. The zero-order valence-corrected chi connectivity index (χ0v) is 11.6. The average molecular weight is 259 g/mol. The van der Waals surface area contributed by atoms with Crippen LogP contribution in [0.15, 0.2) is 22.9 Å². The van der Waals surface area contributed by atoms with E-state index < -0.39 is 0 Å². The molecule has 1 fully saturated rings. The third-order valence-electron chi connectivity index (χ3n) is 3.57. The molecule has 0 aliphatic carbocycles.